The average molecular weight is 281 g/mol. The Kier molecular flexibility index (Phi) is 3.61. The van der Waals surface area contributed by atoms with E-state index in [1.165, 1.54) is 23.1 Å². The van der Waals surface area contributed by atoms with E-state index in [0.717, 1.165) is 0 Å². The number of thiazole rings is 1. The van der Waals surface area contributed by atoms with Crippen LogP contribution in [0, 0.1) is 6.92 Å². The van der Waals surface area contributed by atoms with E-state index in [9.17, 15) is 9.59 Å². The van der Waals surface area contributed by atoms with Gasteiger partial charge in [-0.15, -0.1) is 11.3 Å². The number of hydrogen-bond donors (Lipinski definition) is 2. The normalized spacial score (nSPS) is 12.1. The smallest absolute Gasteiger partial charge is 0.355 e. The fourth-order valence-corrected chi connectivity index (χ4v) is 2.23. The Balaban J connectivity index is 2.08. The topological polar surface area (TPSA) is 105 Å². The second kappa shape index (κ2) is 5.19. The van der Waals surface area contributed by atoms with E-state index in [0.29, 0.717) is 10.7 Å². The number of nitrogens with one attached hydrogen (secondary N) is 1. The molecule has 0 bridgehead atoms. The number of carboxylic acid groups (broad SMARTS) is 1. The van der Waals surface area contributed by atoms with Gasteiger partial charge in [-0.25, -0.2) is 14.8 Å². The van der Waals surface area contributed by atoms with Crippen molar-refractivity contribution in [2.24, 2.45) is 0 Å². The van der Waals surface area contributed by atoms with Crippen molar-refractivity contribution in [1.82, 2.24) is 15.3 Å². The summed E-state index contributed by atoms with van der Waals surface area (Å²) < 4.78 is 4.97. The van der Waals surface area contributed by atoms with Gasteiger partial charge in [0, 0.05) is 5.38 Å². The van der Waals surface area contributed by atoms with Crippen LogP contribution in [0.15, 0.2) is 16.2 Å². The van der Waals surface area contributed by atoms with Gasteiger partial charge in [0.2, 0.25) is 5.76 Å². The van der Waals surface area contributed by atoms with Crippen LogP contribution in [0.25, 0.3) is 0 Å². The Morgan fingerprint density at radius 1 is 1.53 bits per heavy atom. The van der Waals surface area contributed by atoms with Gasteiger partial charge < -0.3 is 14.8 Å². The Morgan fingerprint density at radius 3 is 2.79 bits per heavy atom. The molecular formula is C11H11N3O4S. The number of aromatic carboxylic acids is 1. The number of amides is 1. The third kappa shape index (κ3) is 2.79. The Hall–Kier alpha value is -2.22. The van der Waals surface area contributed by atoms with Crippen LogP contribution in [0.5, 0.6) is 0 Å². The van der Waals surface area contributed by atoms with Gasteiger partial charge in [-0.2, -0.15) is 0 Å². The first kappa shape index (κ1) is 13.2. The lowest BCUT2D eigenvalue weighted by molar-refractivity contribution is 0.0691. The molecule has 0 radical (unpaired) electrons. The van der Waals surface area contributed by atoms with E-state index in [-0.39, 0.29) is 11.5 Å². The van der Waals surface area contributed by atoms with Gasteiger partial charge in [-0.1, -0.05) is 0 Å². The molecule has 2 aromatic heterocycles. The number of aromatic nitrogens is 2. The summed E-state index contributed by atoms with van der Waals surface area (Å²) in [5, 5.41) is 13.4. The van der Waals surface area contributed by atoms with Crippen molar-refractivity contribution in [2.75, 3.05) is 0 Å². The van der Waals surface area contributed by atoms with Crippen molar-refractivity contribution in [3.8, 4) is 0 Å². The van der Waals surface area contributed by atoms with Crippen LogP contribution in [0.4, 0.5) is 0 Å². The van der Waals surface area contributed by atoms with E-state index >= 15 is 0 Å². The maximum Gasteiger partial charge on any atom is 0.355 e. The van der Waals surface area contributed by atoms with Crippen molar-refractivity contribution >= 4 is 23.2 Å². The van der Waals surface area contributed by atoms with Crippen molar-refractivity contribution in [3.63, 3.8) is 0 Å². The van der Waals surface area contributed by atoms with Crippen LogP contribution >= 0.6 is 11.3 Å². The van der Waals surface area contributed by atoms with Crippen molar-refractivity contribution in [3.05, 3.63) is 33.9 Å². The van der Waals surface area contributed by atoms with Crippen LogP contribution in [0.1, 0.15) is 44.7 Å². The van der Waals surface area contributed by atoms with E-state index in [2.05, 4.69) is 15.3 Å². The molecule has 2 rings (SSSR count). The first-order chi connectivity index (χ1) is 8.99. The van der Waals surface area contributed by atoms with Crippen molar-refractivity contribution < 1.29 is 19.1 Å². The number of carbonyl (C=O) groups is 2. The largest absolute Gasteiger partial charge is 0.476 e. The van der Waals surface area contributed by atoms with Gasteiger partial charge >= 0.3 is 5.97 Å². The maximum absolute atomic E-state index is 11.9. The fraction of sp³-hybridized carbons (Fsp3) is 0.273. The molecule has 2 heterocycles. The number of nitrogens with zero attached hydrogens (tertiary/aromatic N) is 2. The SMILES string of the molecule is Cc1ncoc1C(=O)NC(C)c1nc(C(=O)O)cs1. The zero-order valence-corrected chi connectivity index (χ0v) is 11.0. The highest BCUT2D eigenvalue weighted by Gasteiger charge is 2.19. The molecule has 8 heteroatoms. The molecule has 100 valence electrons. The summed E-state index contributed by atoms with van der Waals surface area (Å²) in [6.07, 6.45) is 1.20. The number of hydrogen-bond acceptors (Lipinski definition) is 6. The van der Waals surface area contributed by atoms with Gasteiger partial charge in [0.1, 0.15) is 5.01 Å². The van der Waals surface area contributed by atoms with Crippen LogP contribution in [0.3, 0.4) is 0 Å². The summed E-state index contributed by atoms with van der Waals surface area (Å²) in [6, 6.07) is -0.407. The average Bonchev–Trinajstić information content (AvgIpc) is 2.96. The summed E-state index contributed by atoms with van der Waals surface area (Å²) in [4.78, 5) is 30.3. The molecule has 0 fully saturated rings. The molecule has 0 saturated heterocycles. The zero-order chi connectivity index (χ0) is 14.0. The Labute approximate surface area is 112 Å². The Bertz CT molecular complexity index is 619. The summed E-state index contributed by atoms with van der Waals surface area (Å²) >= 11 is 1.18. The van der Waals surface area contributed by atoms with E-state index in [1.54, 1.807) is 13.8 Å². The minimum Gasteiger partial charge on any atom is -0.476 e. The lowest BCUT2D eigenvalue weighted by Gasteiger charge is -2.09. The predicted molar refractivity (Wildman–Crippen MR) is 66.2 cm³/mol. The molecule has 0 aromatic carbocycles. The molecule has 1 atom stereocenters. The standard InChI is InChI=1S/C11H11N3O4S/c1-5-8(18-4-12-5)9(15)13-6(2)10-14-7(3-19-10)11(16)17/h3-4,6H,1-2H3,(H,13,15)(H,16,17). The van der Waals surface area contributed by atoms with Gasteiger partial charge in [-0.05, 0) is 13.8 Å². The molecule has 7 nitrogen and oxygen atoms in total. The van der Waals surface area contributed by atoms with Gasteiger partial charge in [-0.3, -0.25) is 4.79 Å². The minimum atomic E-state index is -1.09. The van der Waals surface area contributed by atoms with Crippen LogP contribution in [-0.4, -0.2) is 27.0 Å². The molecule has 2 aromatic rings. The van der Waals surface area contributed by atoms with Gasteiger partial charge in [0.25, 0.3) is 5.91 Å². The van der Waals surface area contributed by atoms with E-state index < -0.39 is 17.9 Å². The fourth-order valence-electron chi connectivity index (χ4n) is 1.43. The number of carboxylic acids is 1. The second-order valence-corrected chi connectivity index (χ2v) is 4.73. The molecule has 0 spiro atoms. The molecular weight excluding hydrogens is 270 g/mol. The number of aryl methyl sites for hydroxylation is 1. The highest BCUT2D eigenvalue weighted by atomic mass is 32.1. The molecule has 2 N–H and O–H groups in total. The summed E-state index contributed by atoms with van der Waals surface area (Å²) in [5.41, 5.74) is 0.465. The zero-order valence-electron chi connectivity index (χ0n) is 10.2. The number of oxazole rings is 1. The first-order valence-electron chi connectivity index (χ1n) is 5.38. The number of rotatable bonds is 4. The number of carbonyl (C=O) groups excluding carboxylic acids is 1. The molecule has 0 aliphatic carbocycles. The van der Waals surface area contributed by atoms with Crippen LogP contribution < -0.4 is 5.32 Å². The summed E-state index contributed by atoms with van der Waals surface area (Å²) in [5.74, 6) is -1.36. The van der Waals surface area contributed by atoms with Crippen molar-refractivity contribution in [1.29, 1.82) is 0 Å². The highest BCUT2D eigenvalue weighted by Crippen LogP contribution is 2.18. The van der Waals surface area contributed by atoms with E-state index in [1.807, 2.05) is 0 Å². The molecule has 0 aliphatic heterocycles. The monoisotopic (exact) mass is 281 g/mol. The summed E-state index contributed by atoms with van der Waals surface area (Å²) in [7, 11) is 0. The third-order valence-corrected chi connectivity index (χ3v) is 3.44. The van der Waals surface area contributed by atoms with Gasteiger partial charge in [0.05, 0.1) is 11.7 Å². The van der Waals surface area contributed by atoms with Crippen LogP contribution in [0.2, 0.25) is 0 Å². The minimum absolute atomic E-state index is 0.0306. The van der Waals surface area contributed by atoms with Gasteiger partial charge in [0.15, 0.2) is 12.1 Å². The third-order valence-electron chi connectivity index (χ3n) is 2.41. The Morgan fingerprint density at radius 2 is 2.26 bits per heavy atom. The predicted octanol–water partition coefficient (Wildman–Crippen LogP) is 1.63. The molecule has 0 aliphatic rings. The molecule has 1 unspecified atom stereocenters. The lowest BCUT2D eigenvalue weighted by Crippen LogP contribution is -2.26. The summed E-state index contributed by atoms with van der Waals surface area (Å²) in [6.45, 7) is 3.38. The van der Waals surface area contributed by atoms with Crippen LogP contribution in [-0.2, 0) is 0 Å². The molecule has 1 amide bonds. The maximum atomic E-state index is 11.9. The highest BCUT2D eigenvalue weighted by molar-refractivity contribution is 7.09. The quantitative estimate of drug-likeness (QED) is 0.882. The first-order valence-corrected chi connectivity index (χ1v) is 6.26. The lowest BCUT2D eigenvalue weighted by atomic mass is 10.3. The molecule has 19 heavy (non-hydrogen) atoms. The van der Waals surface area contributed by atoms with Crippen molar-refractivity contribution in [2.45, 2.75) is 19.9 Å². The second-order valence-electron chi connectivity index (χ2n) is 3.84. The molecule has 0 saturated carbocycles. The van der Waals surface area contributed by atoms with E-state index in [4.69, 9.17) is 9.52 Å².